The van der Waals surface area contributed by atoms with E-state index in [1.807, 2.05) is 18.3 Å². The van der Waals surface area contributed by atoms with Gasteiger partial charge < -0.3 is 10.3 Å². The predicted octanol–water partition coefficient (Wildman–Crippen LogP) is 1.42. The van der Waals surface area contributed by atoms with Crippen LogP contribution in [0.5, 0.6) is 0 Å². The molecule has 0 spiro atoms. The second-order valence-corrected chi connectivity index (χ2v) is 3.26. The van der Waals surface area contributed by atoms with E-state index in [0.29, 0.717) is 6.54 Å². The van der Waals surface area contributed by atoms with Crippen molar-refractivity contribution in [1.29, 1.82) is 0 Å². The summed E-state index contributed by atoms with van der Waals surface area (Å²) >= 11 is 0. The Bertz CT molecular complexity index is 433. The minimum absolute atomic E-state index is 0.520. The molecule has 4 nitrogen and oxygen atoms in total. The number of hydrogen-bond donors (Lipinski definition) is 1. The molecule has 0 bridgehead atoms. The molecule has 2 N–H and O–H groups in total. The van der Waals surface area contributed by atoms with Crippen molar-refractivity contribution < 1.29 is 0 Å². The average Bonchev–Trinajstić information content (AvgIpc) is 2.72. The first-order chi connectivity index (χ1) is 7.36. The molecule has 0 amide bonds. The first kappa shape index (κ1) is 9.86. The summed E-state index contributed by atoms with van der Waals surface area (Å²) in [6, 6.07) is 3.91. The second kappa shape index (κ2) is 4.23. The van der Waals surface area contributed by atoms with Crippen LogP contribution in [0.2, 0.25) is 0 Å². The predicted molar refractivity (Wildman–Crippen MR) is 59.0 cm³/mol. The molecule has 0 saturated heterocycles. The highest BCUT2D eigenvalue weighted by atomic mass is 15.1. The number of aromatic nitrogens is 3. The zero-order valence-corrected chi connectivity index (χ0v) is 8.72. The molecule has 0 aliphatic carbocycles. The molecule has 0 aromatic carbocycles. The van der Waals surface area contributed by atoms with Crippen LogP contribution in [0.25, 0.3) is 11.4 Å². The Hall–Kier alpha value is -1.68. The van der Waals surface area contributed by atoms with E-state index >= 15 is 0 Å². The molecule has 78 valence electrons. The molecule has 0 atom stereocenters. The second-order valence-electron chi connectivity index (χ2n) is 3.26. The quantitative estimate of drug-likeness (QED) is 0.819. The summed E-state index contributed by atoms with van der Waals surface area (Å²) in [5.41, 5.74) is 7.78. The molecule has 0 fully saturated rings. The van der Waals surface area contributed by atoms with Crippen molar-refractivity contribution in [2.24, 2.45) is 5.73 Å². The highest BCUT2D eigenvalue weighted by molar-refractivity contribution is 5.55. The van der Waals surface area contributed by atoms with Crippen molar-refractivity contribution in [2.75, 3.05) is 0 Å². The van der Waals surface area contributed by atoms with Crippen LogP contribution < -0.4 is 5.73 Å². The fraction of sp³-hybridized carbons (Fsp3) is 0.273. The number of nitrogens with two attached hydrogens (primary N) is 1. The van der Waals surface area contributed by atoms with E-state index in [9.17, 15) is 0 Å². The smallest absolute Gasteiger partial charge is 0.140 e. The summed E-state index contributed by atoms with van der Waals surface area (Å²) in [6.07, 6.45) is 5.37. The van der Waals surface area contributed by atoms with Crippen LogP contribution in [0.3, 0.4) is 0 Å². The maximum atomic E-state index is 5.64. The lowest BCUT2D eigenvalue weighted by Crippen LogP contribution is -2.07. The van der Waals surface area contributed by atoms with Gasteiger partial charge in [-0.2, -0.15) is 0 Å². The molecular formula is C11H14N4. The molecule has 2 rings (SSSR count). The minimum atomic E-state index is 0.520. The van der Waals surface area contributed by atoms with Gasteiger partial charge in [-0.15, -0.1) is 0 Å². The number of pyridine rings is 1. The van der Waals surface area contributed by atoms with E-state index < -0.39 is 0 Å². The van der Waals surface area contributed by atoms with Crippen LogP contribution in [-0.4, -0.2) is 14.5 Å². The first-order valence-electron chi connectivity index (χ1n) is 5.01. The van der Waals surface area contributed by atoms with Crippen LogP contribution in [0.4, 0.5) is 0 Å². The number of imidazole rings is 1. The van der Waals surface area contributed by atoms with E-state index in [1.54, 1.807) is 12.4 Å². The van der Waals surface area contributed by atoms with Gasteiger partial charge in [-0.1, -0.05) is 0 Å². The lowest BCUT2D eigenvalue weighted by Gasteiger charge is -2.07. The molecule has 0 aliphatic rings. The molecule has 0 unspecified atom stereocenters. The summed E-state index contributed by atoms with van der Waals surface area (Å²) in [7, 11) is 0. The Labute approximate surface area is 88.8 Å². The largest absolute Gasteiger partial charge is 0.327 e. The maximum absolute atomic E-state index is 5.64. The molecule has 0 radical (unpaired) electrons. The molecule has 15 heavy (non-hydrogen) atoms. The molecule has 2 aromatic heterocycles. The van der Waals surface area contributed by atoms with Gasteiger partial charge in [-0.3, -0.25) is 4.98 Å². The fourth-order valence-electron chi connectivity index (χ4n) is 1.66. The SMILES string of the molecule is CCn1c(CN)cnc1-c1ccncc1. The monoisotopic (exact) mass is 202 g/mol. The third-order valence-electron chi connectivity index (χ3n) is 2.40. The van der Waals surface area contributed by atoms with Crippen LogP contribution in [0, 0.1) is 0 Å². The van der Waals surface area contributed by atoms with Crippen molar-refractivity contribution in [3.8, 4) is 11.4 Å². The van der Waals surface area contributed by atoms with Crippen LogP contribution in [0.1, 0.15) is 12.6 Å². The van der Waals surface area contributed by atoms with Gasteiger partial charge in [0.2, 0.25) is 0 Å². The van der Waals surface area contributed by atoms with Gasteiger partial charge in [0.25, 0.3) is 0 Å². The van der Waals surface area contributed by atoms with Gasteiger partial charge in [-0.25, -0.2) is 4.98 Å². The lowest BCUT2D eigenvalue weighted by molar-refractivity contribution is 0.719. The Morgan fingerprint density at radius 3 is 2.67 bits per heavy atom. The average molecular weight is 202 g/mol. The number of hydrogen-bond acceptors (Lipinski definition) is 3. The first-order valence-corrected chi connectivity index (χ1v) is 5.01. The highest BCUT2D eigenvalue weighted by Crippen LogP contribution is 2.18. The number of nitrogens with zero attached hydrogens (tertiary/aromatic N) is 3. The summed E-state index contributed by atoms with van der Waals surface area (Å²) in [6.45, 7) is 3.49. The molecular weight excluding hydrogens is 188 g/mol. The Morgan fingerprint density at radius 1 is 1.33 bits per heavy atom. The van der Waals surface area contributed by atoms with Gasteiger partial charge in [0, 0.05) is 31.0 Å². The zero-order valence-electron chi connectivity index (χ0n) is 8.72. The number of rotatable bonds is 3. The molecule has 0 saturated carbocycles. The Kier molecular flexibility index (Phi) is 2.78. The lowest BCUT2D eigenvalue weighted by atomic mass is 10.2. The van der Waals surface area contributed by atoms with Crippen LogP contribution >= 0.6 is 0 Å². The molecule has 2 heterocycles. The topological polar surface area (TPSA) is 56.7 Å². The van der Waals surface area contributed by atoms with Crippen LogP contribution in [0.15, 0.2) is 30.7 Å². The van der Waals surface area contributed by atoms with E-state index in [2.05, 4.69) is 21.5 Å². The summed E-state index contributed by atoms with van der Waals surface area (Å²) in [5.74, 6) is 0.959. The van der Waals surface area contributed by atoms with Gasteiger partial charge in [0.1, 0.15) is 5.82 Å². The maximum Gasteiger partial charge on any atom is 0.140 e. The zero-order chi connectivity index (χ0) is 10.7. The van der Waals surface area contributed by atoms with E-state index in [1.165, 1.54) is 0 Å². The molecule has 2 aromatic rings. The highest BCUT2D eigenvalue weighted by Gasteiger charge is 2.08. The van der Waals surface area contributed by atoms with Crippen molar-refractivity contribution in [2.45, 2.75) is 20.0 Å². The van der Waals surface area contributed by atoms with Crippen molar-refractivity contribution in [3.05, 3.63) is 36.4 Å². The van der Waals surface area contributed by atoms with E-state index in [4.69, 9.17) is 5.73 Å². The van der Waals surface area contributed by atoms with Crippen molar-refractivity contribution in [1.82, 2.24) is 14.5 Å². The van der Waals surface area contributed by atoms with Gasteiger partial charge in [0.15, 0.2) is 0 Å². The Balaban J connectivity index is 2.49. The summed E-state index contributed by atoms with van der Waals surface area (Å²) in [4.78, 5) is 8.37. The van der Waals surface area contributed by atoms with E-state index in [0.717, 1.165) is 23.6 Å². The van der Waals surface area contributed by atoms with Crippen molar-refractivity contribution >= 4 is 0 Å². The summed E-state index contributed by atoms with van der Waals surface area (Å²) in [5, 5.41) is 0. The van der Waals surface area contributed by atoms with E-state index in [-0.39, 0.29) is 0 Å². The Morgan fingerprint density at radius 2 is 2.07 bits per heavy atom. The normalized spacial score (nSPS) is 10.5. The standard InChI is InChI=1S/C11H14N4/c1-2-15-10(7-12)8-14-11(15)9-3-5-13-6-4-9/h3-6,8H,2,7,12H2,1H3. The third-order valence-corrected chi connectivity index (χ3v) is 2.40. The van der Waals surface area contributed by atoms with Crippen LogP contribution in [-0.2, 0) is 13.1 Å². The summed E-state index contributed by atoms with van der Waals surface area (Å²) < 4.78 is 2.12. The van der Waals surface area contributed by atoms with Gasteiger partial charge in [-0.05, 0) is 19.1 Å². The molecule has 4 heteroatoms. The minimum Gasteiger partial charge on any atom is -0.327 e. The van der Waals surface area contributed by atoms with Gasteiger partial charge >= 0.3 is 0 Å². The third kappa shape index (κ3) is 1.76. The fourth-order valence-corrected chi connectivity index (χ4v) is 1.66. The van der Waals surface area contributed by atoms with Crippen molar-refractivity contribution in [3.63, 3.8) is 0 Å². The molecule has 0 aliphatic heterocycles. The van der Waals surface area contributed by atoms with Gasteiger partial charge in [0.05, 0.1) is 11.9 Å².